The van der Waals surface area contributed by atoms with Gasteiger partial charge in [0.15, 0.2) is 0 Å². The number of phenols is 2. The van der Waals surface area contributed by atoms with E-state index in [1.807, 2.05) is 30.3 Å². The van der Waals surface area contributed by atoms with E-state index in [4.69, 9.17) is 5.11 Å². The summed E-state index contributed by atoms with van der Waals surface area (Å²) in [5.74, 6) is 0.644. The normalized spacial score (nSPS) is 11.4. The van der Waals surface area contributed by atoms with Crippen LogP contribution in [0.1, 0.15) is 51.3 Å². The van der Waals surface area contributed by atoms with E-state index in [1.54, 1.807) is 24.3 Å². The van der Waals surface area contributed by atoms with Crippen LogP contribution in [0.25, 0.3) is 0 Å². The van der Waals surface area contributed by atoms with Gasteiger partial charge >= 0.3 is 0 Å². The summed E-state index contributed by atoms with van der Waals surface area (Å²) in [6.07, 6.45) is 0. The average Bonchev–Trinajstić information content (AvgIpc) is 2.63. The zero-order chi connectivity index (χ0) is 20.1. The maximum atomic E-state index is 9.29. The van der Waals surface area contributed by atoms with Crippen molar-refractivity contribution in [2.45, 2.75) is 45.4 Å². The molecule has 0 atom stereocenters. The van der Waals surface area contributed by atoms with Crippen LogP contribution in [-0.2, 0) is 10.8 Å². The third kappa shape index (κ3) is 5.62. The summed E-state index contributed by atoms with van der Waals surface area (Å²) >= 11 is 0. The topological polar surface area (TPSA) is 40.5 Å². The Morgan fingerprint density at radius 2 is 0.852 bits per heavy atom. The highest BCUT2D eigenvalue weighted by Gasteiger charge is 2.22. The molecule has 0 unspecified atom stereocenters. The summed E-state index contributed by atoms with van der Waals surface area (Å²) in [6.45, 7) is 10.8. The van der Waals surface area contributed by atoms with E-state index in [0.717, 1.165) is 0 Å². The van der Waals surface area contributed by atoms with Crippen molar-refractivity contribution in [2.75, 3.05) is 0 Å². The number of phenolic OH excluding ortho intramolecular Hbond substituents is 2. The second-order valence-corrected chi connectivity index (χ2v) is 8.33. The number of hydrogen-bond acceptors (Lipinski definition) is 2. The van der Waals surface area contributed by atoms with Crippen LogP contribution in [-0.4, -0.2) is 10.2 Å². The molecule has 27 heavy (non-hydrogen) atoms. The van der Waals surface area contributed by atoms with Crippen LogP contribution in [0.2, 0.25) is 0 Å². The van der Waals surface area contributed by atoms with Gasteiger partial charge in [-0.05, 0) is 46.4 Å². The van der Waals surface area contributed by atoms with Crippen molar-refractivity contribution in [2.24, 2.45) is 0 Å². The van der Waals surface area contributed by atoms with Crippen LogP contribution in [0, 0.1) is 0 Å². The maximum absolute atomic E-state index is 9.29. The van der Waals surface area contributed by atoms with E-state index in [9.17, 15) is 5.11 Å². The minimum atomic E-state index is -0.0328. The van der Waals surface area contributed by atoms with Gasteiger partial charge in [0.2, 0.25) is 0 Å². The van der Waals surface area contributed by atoms with Gasteiger partial charge < -0.3 is 10.2 Å². The zero-order valence-corrected chi connectivity index (χ0v) is 16.9. The van der Waals surface area contributed by atoms with Gasteiger partial charge in [-0.1, -0.05) is 89.2 Å². The fourth-order valence-electron chi connectivity index (χ4n) is 2.86. The van der Waals surface area contributed by atoms with Crippen molar-refractivity contribution >= 4 is 0 Å². The van der Waals surface area contributed by atoms with Crippen LogP contribution in [0.5, 0.6) is 11.5 Å². The largest absolute Gasteiger partial charge is 0.508 e. The predicted octanol–water partition coefficient (Wildman–Crippen LogP) is 6.41. The Kier molecular flexibility index (Phi) is 6.32. The minimum Gasteiger partial charge on any atom is -0.508 e. The van der Waals surface area contributed by atoms with Crippen molar-refractivity contribution in [1.29, 1.82) is 0 Å². The fourth-order valence-corrected chi connectivity index (χ4v) is 2.86. The number of aromatic hydroxyl groups is 2. The molecule has 0 radical (unpaired) electrons. The lowest BCUT2D eigenvalue weighted by Gasteiger charge is -2.26. The second kappa shape index (κ2) is 8.30. The van der Waals surface area contributed by atoms with Crippen molar-refractivity contribution in [3.05, 3.63) is 95.6 Å². The van der Waals surface area contributed by atoms with Gasteiger partial charge in [-0.25, -0.2) is 0 Å². The molecular formula is C25H30O2. The molecule has 0 aliphatic carbocycles. The number of rotatable bonds is 2. The summed E-state index contributed by atoms with van der Waals surface area (Å²) in [4.78, 5) is 0. The van der Waals surface area contributed by atoms with Gasteiger partial charge in [0.05, 0.1) is 0 Å². The summed E-state index contributed by atoms with van der Waals surface area (Å²) in [5.41, 5.74) is 3.87. The van der Waals surface area contributed by atoms with E-state index in [2.05, 4.69) is 58.9 Å². The zero-order valence-electron chi connectivity index (χ0n) is 16.9. The smallest absolute Gasteiger partial charge is 0.115 e. The maximum Gasteiger partial charge on any atom is 0.115 e. The average molecular weight is 363 g/mol. The molecule has 2 N–H and O–H groups in total. The van der Waals surface area contributed by atoms with Crippen LogP contribution in [0.15, 0.2) is 78.9 Å². The molecule has 0 amide bonds. The summed E-state index contributed by atoms with van der Waals surface area (Å²) < 4.78 is 0. The van der Waals surface area contributed by atoms with Crippen molar-refractivity contribution < 1.29 is 10.2 Å². The van der Waals surface area contributed by atoms with Crippen LogP contribution < -0.4 is 0 Å². The molecule has 0 heterocycles. The van der Waals surface area contributed by atoms with Gasteiger partial charge in [0, 0.05) is 5.41 Å². The highest BCUT2D eigenvalue weighted by atomic mass is 16.3. The Morgan fingerprint density at radius 1 is 0.481 bits per heavy atom. The van der Waals surface area contributed by atoms with E-state index in [0.29, 0.717) is 11.5 Å². The molecule has 3 rings (SSSR count). The lowest BCUT2D eigenvalue weighted by Crippen LogP contribution is -2.18. The molecule has 0 bridgehead atoms. The van der Waals surface area contributed by atoms with Gasteiger partial charge in [-0.15, -0.1) is 0 Å². The molecule has 142 valence electrons. The first kappa shape index (κ1) is 20.6. The Labute approximate surface area is 163 Å². The molecule has 0 saturated carbocycles. The lowest BCUT2D eigenvalue weighted by molar-refractivity contribution is 0.473. The third-order valence-corrected chi connectivity index (χ3v) is 4.82. The standard InChI is InChI=1S/C15H16O.C10H14O/c1-15(2,12-6-4-3-5-7-12)13-8-10-14(16)11-9-13;1-10(2,3)8-4-6-9(11)7-5-8/h3-11,16H,1-2H3;4-7,11H,1-3H3. The Morgan fingerprint density at radius 3 is 1.26 bits per heavy atom. The Bertz CT molecular complexity index is 824. The SMILES string of the molecule is CC(C)(C)c1ccc(O)cc1.CC(C)(c1ccccc1)c1ccc(O)cc1. The van der Waals surface area contributed by atoms with Crippen LogP contribution in [0.4, 0.5) is 0 Å². The Balaban J connectivity index is 0.000000208. The molecule has 3 aromatic rings. The van der Waals surface area contributed by atoms with Gasteiger partial charge in [-0.2, -0.15) is 0 Å². The van der Waals surface area contributed by atoms with Gasteiger partial charge in [0.25, 0.3) is 0 Å². The third-order valence-electron chi connectivity index (χ3n) is 4.82. The molecule has 2 nitrogen and oxygen atoms in total. The monoisotopic (exact) mass is 362 g/mol. The first-order valence-corrected chi connectivity index (χ1v) is 9.25. The summed E-state index contributed by atoms with van der Waals surface area (Å²) in [7, 11) is 0. The number of hydrogen-bond donors (Lipinski definition) is 2. The molecule has 0 saturated heterocycles. The van der Waals surface area contributed by atoms with Gasteiger partial charge in [-0.3, -0.25) is 0 Å². The molecule has 3 aromatic carbocycles. The van der Waals surface area contributed by atoms with E-state index < -0.39 is 0 Å². The van der Waals surface area contributed by atoms with Crippen molar-refractivity contribution in [1.82, 2.24) is 0 Å². The molecular weight excluding hydrogens is 332 g/mol. The highest BCUT2D eigenvalue weighted by molar-refractivity contribution is 5.39. The van der Waals surface area contributed by atoms with Crippen LogP contribution in [0.3, 0.4) is 0 Å². The molecule has 0 aromatic heterocycles. The first-order valence-electron chi connectivity index (χ1n) is 9.25. The van der Waals surface area contributed by atoms with Crippen LogP contribution >= 0.6 is 0 Å². The van der Waals surface area contributed by atoms with Crippen molar-refractivity contribution in [3.8, 4) is 11.5 Å². The first-order chi connectivity index (χ1) is 12.6. The molecule has 0 fully saturated rings. The minimum absolute atomic E-state index is 0.0328. The molecule has 0 aliphatic rings. The molecule has 0 aliphatic heterocycles. The van der Waals surface area contributed by atoms with Crippen molar-refractivity contribution in [3.63, 3.8) is 0 Å². The number of benzene rings is 3. The fraction of sp³-hybridized carbons (Fsp3) is 0.280. The summed E-state index contributed by atoms with van der Waals surface area (Å²) in [5, 5.41) is 18.3. The van der Waals surface area contributed by atoms with E-state index >= 15 is 0 Å². The summed E-state index contributed by atoms with van der Waals surface area (Å²) in [6, 6.07) is 25.2. The molecule has 0 spiro atoms. The van der Waals surface area contributed by atoms with Gasteiger partial charge in [0.1, 0.15) is 11.5 Å². The van der Waals surface area contributed by atoms with E-state index in [1.165, 1.54) is 16.7 Å². The predicted molar refractivity (Wildman–Crippen MR) is 113 cm³/mol. The highest BCUT2D eigenvalue weighted by Crippen LogP contribution is 2.31. The molecule has 2 heteroatoms. The second-order valence-electron chi connectivity index (χ2n) is 8.33. The quantitative estimate of drug-likeness (QED) is 0.553. The van der Waals surface area contributed by atoms with E-state index in [-0.39, 0.29) is 10.8 Å². The lowest BCUT2D eigenvalue weighted by atomic mass is 9.78. The Hall–Kier alpha value is -2.74.